The summed E-state index contributed by atoms with van der Waals surface area (Å²) in [5, 5.41) is 3.14. The van der Waals surface area contributed by atoms with Gasteiger partial charge in [0, 0.05) is 6.04 Å². The van der Waals surface area contributed by atoms with Crippen LogP contribution in [0.4, 0.5) is 0 Å². The van der Waals surface area contributed by atoms with Crippen LogP contribution in [0.15, 0.2) is 11.3 Å². The molecule has 0 saturated carbocycles. The minimum atomic E-state index is -0.226. The molecule has 13 heavy (non-hydrogen) atoms. The molecule has 3 heteroatoms. The summed E-state index contributed by atoms with van der Waals surface area (Å²) in [4.78, 5) is 11.4. The largest absolute Gasteiger partial charge is 0.461 e. The highest BCUT2D eigenvalue weighted by molar-refractivity contribution is 5.89. The molecule has 1 aliphatic heterocycles. The van der Waals surface area contributed by atoms with E-state index in [2.05, 4.69) is 19.2 Å². The van der Waals surface area contributed by atoms with E-state index in [1.54, 1.807) is 0 Å². The summed E-state index contributed by atoms with van der Waals surface area (Å²) in [5.74, 6) is 0.190. The molecule has 3 nitrogen and oxygen atoms in total. The molecule has 0 fully saturated rings. The fourth-order valence-corrected chi connectivity index (χ4v) is 1.49. The minimum Gasteiger partial charge on any atom is -0.461 e. The minimum absolute atomic E-state index is 0.226. The number of ether oxygens (including phenoxy) is 1. The Bertz CT molecular complexity index is 245. The molecule has 0 amide bonds. The molecule has 1 aliphatic rings. The predicted octanol–water partition coefficient (Wildman–Crippen LogP) is 1.45. The molecule has 0 bridgehead atoms. The molecule has 0 radical (unpaired) electrons. The van der Waals surface area contributed by atoms with E-state index in [4.69, 9.17) is 4.74 Å². The van der Waals surface area contributed by atoms with Crippen LogP contribution in [0, 0.1) is 5.92 Å². The molecule has 0 aromatic carbocycles. The first-order valence-corrected chi connectivity index (χ1v) is 4.72. The Morgan fingerprint density at radius 3 is 2.54 bits per heavy atom. The average Bonchev–Trinajstić information content (AvgIpc) is 2.33. The van der Waals surface area contributed by atoms with Crippen molar-refractivity contribution in [1.82, 2.24) is 5.32 Å². The van der Waals surface area contributed by atoms with Gasteiger partial charge in [-0.3, -0.25) is 0 Å². The number of nitrogens with one attached hydrogen (secondary N) is 1. The molecule has 2 unspecified atom stereocenters. The summed E-state index contributed by atoms with van der Waals surface area (Å²) >= 11 is 0. The van der Waals surface area contributed by atoms with Crippen LogP contribution in [0.5, 0.6) is 0 Å². The van der Waals surface area contributed by atoms with Crippen LogP contribution < -0.4 is 5.32 Å². The fourth-order valence-electron chi connectivity index (χ4n) is 1.49. The first kappa shape index (κ1) is 10.1. The smallest absolute Gasteiger partial charge is 0.354 e. The van der Waals surface area contributed by atoms with E-state index in [1.807, 2.05) is 13.8 Å². The summed E-state index contributed by atoms with van der Waals surface area (Å²) < 4.78 is 4.93. The lowest BCUT2D eigenvalue weighted by Crippen LogP contribution is -2.27. The van der Waals surface area contributed by atoms with E-state index in [0.717, 1.165) is 5.57 Å². The molecule has 0 spiro atoms. The quantitative estimate of drug-likeness (QED) is 0.658. The Kier molecular flexibility index (Phi) is 2.96. The normalized spacial score (nSPS) is 27.4. The van der Waals surface area contributed by atoms with Crippen LogP contribution in [0.25, 0.3) is 0 Å². The van der Waals surface area contributed by atoms with Crippen LogP contribution in [-0.4, -0.2) is 18.6 Å². The maximum absolute atomic E-state index is 11.4. The zero-order chi connectivity index (χ0) is 10.0. The first-order valence-electron chi connectivity index (χ1n) is 4.72. The molecule has 0 saturated heterocycles. The zero-order valence-electron chi connectivity index (χ0n) is 8.68. The highest BCUT2D eigenvalue weighted by atomic mass is 16.5. The van der Waals surface area contributed by atoms with Crippen molar-refractivity contribution in [1.29, 1.82) is 0 Å². The van der Waals surface area contributed by atoms with Crippen LogP contribution in [0.1, 0.15) is 27.7 Å². The molecule has 1 heterocycles. The summed E-state index contributed by atoms with van der Waals surface area (Å²) in [6.07, 6.45) is 0. The van der Waals surface area contributed by atoms with E-state index < -0.39 is 0 Å². The second-order valence-corrected chi connectivity index (χ2v) is 3.50. The predicted molar refractivity (Wildman–Crippen MR) is 51.1 cm³/mol. The van der Waals surface area contributed by atoms with Gasteiger partial charge in [0.2, 0.25) is 0 Å². The lowest BCUT2D eigenvalue weighted by atomic mass is 9.99. The van der Waals surface area contributed by atoms with E-state index in [9.17, 15) is 4.79 Å². The van der Waals surface area contributed by atoms with Gasteiger partial charge in [-0.1, -0.05) is 6.92 Å². The maximum Gasteiger partial charge on any atom is 0.354 e. The van der Waals surface area contributed by atoms with Crippen molar-refractivity contribution in [3.8, 4) is 0 Å². The molecule has 0 aromatic rings. The highest BCUT2D eigenvalue weighted by Crippen LogP contribution is 2.25. The van der Waals surface area contributed by atoms with Crippen molar-refractivity contribution in [2.24, 2.45) is 5.92 Å². The van der Waals surface area contributed by atoms with Gasteiger partial charge in [-0.15, -0.1) is 0 Å². The Balaban J connectivity index is 2.75. The van der Waals surface area contributed by atoms with E-state index in [0.29, 0.717) is 24.3 Å². The summed E-state index contributed by atoms with van der Waals surface area (Å²) in [6, 6.07) is 0.333. The SMILES string of the molecule is CCOC(=O)C1=C(C)C(C)C(C)N1. The van der Waals surface area contributed by atoms with Gasteiger partial charge in [0.25, 0.3) is 0 Å². The van der Waals surface area contributed by atoms with Crippen LogP contribution >= 0.6 is 0 Å². The highest BCUT2D eigenvalue weighted by Gasteiger charge is 2.29. The first-order chi connectivity index (χ1) is 6.07. The van der Waals surface area contributed by atoms with Gasteiger partial charge in [0.05, 0.1) is 6.61 Å². The van der Waals surface area contributed by atoms with Crippen molar-refractivity contribution < 1.29 is 9.53 Å². The average molecular weight is 183 g/mol. The van der Waals surface area contributed by atoms with Crippen molar-refractivity contribution in [3.63, 3.8) is 0 Å². The van der Waals surface area contributed by atoms with Crippen molar-refractivity contribution in [3.05, 3.63) is 11.3 Å². The molecule has 2 atom stereocenters. The molecule has 0 aliphatic carbocycles. The van der Waals surface area contributed by atoms with Crippen molar-refractivity contribution in [2.75, 3.05) is 6.61 Å². The Hall–Kier alpha value is -0.990. The third kappa shape index (κ3) is 1.85. The third-order valence-electron chi connectivity index (χ3n) is 2.68. The van der Waals surface area contributed by atoms with Crippen molar-refractivity contribution >= 4 is 5.97 Å². The molecule has 0 aromatic heterocycles. The summed E-state index contributed by atoms with van der Waals surface area (Å²) in [6.45, 7) is 8.41. The monoisotopic (exact) mass is 183 g/mol. The molecule has 1 N–H and O–H groups in total. The van der Waals surface area contributed by atoms with Gasteiger partial charge < -0.3 is 10.1 Å². The number of hydrogen-bond acceptors (Lipinski definition) is 3. The number of carbonyl (C=O) groups excluding carboxylic acids is 1. The number of hydrogen-bond donors (Lipinski definition) is 1. The van der Waals surface area contributed by atoms with Gasteiger partial charge in [0.1, 0.15) is 5.70 Å². The van der Waals surface area contributed by atoms with Gasteiger partial charge in [-0.25, -0.2) is 4.79 Å². The number of carbonyl (C=O) groups is 1. The summed E-state index contributed by atoms with van der Waals surface area (Å²) in [5.41, 5.74) is 1.76. The van der Waals surface area contributed by atoms with Gasteiger partial charge in [0.15, 0.2) is 0 Å². The van der Waals surface area contributed by atoms with Crippen LogP contribution in [0.2, 0.25) is 0 Å². The van der Waals surface area contributed by atoms with E-state index in [-0.39, 0.29) is 5.97 Å². The zero-order valence-corrected chi connectivity index (χ0v) is 8.68. The second-order valence-electron chi connectivity index (χ2n) is 3.50. The Morgan fingerprint density at radius 1 is 1.54 bits per heavy atom. The molecule has 1 rings (SSSR count). The molecular formula is C10H17NO2. The van der Waals surface area contributed by atoms with Gasteiger partial charge in [-0.2, -0.15) is 0 Å². The maximum atomic E-state index is 11.4. The topological polar surface area (TPSA) is 38.3 Å². The Morgan fingerprint density at radius 2 is 2.15 bits per heavy atom. The third-order valence-corrected chi connectivity index (χ3v) is 2.68. The van der Waals surface area contributed by atoms with E-state index >= 15 is 0 Å². The summed E-state index contributed by atoms with van der Waals surface area (Å²) in [7, 11) is 0. The second kappa shape index (κ2) is 3.81. The van der Waals surface area contributed by atoms with Gasteiger partial charge >= 0.3 is 5.97 Å². The fraction of sp³-hybridized carbons (Fsp3) is 0.700. The van der Waals surface area contributed by atoms with Crippen LogP contribution in [-0.2, 0) is 9.53 Å². The van der Waals surface area contributed by atoms with Crippen LogP contribution in [0.3, 0.4) is 0 Å². The lowest BCUT2D eigenvalue weighted by Gasteiger charge is -2.10. The van der Waals surface area contributed by atoms with Gasteiger partial charge in [-0.05, 0) is 32.3 Å². The number of rotatable bonds is 2. The molecular weight excluding hydrogens is 166 g/mol. The lowest BCUT2D eigenvalue weighted by molar-refractivity contribution is -0.138. The number of esters is 1. The Labute approximate surface area is 79.2 Å². The van der Waals surface area contributed by atoms with Crippen molar-refractivity contribution in [2.45, 2.75) is 33.7 Å². The van der Waals surface area contributed by atoms with E-state index in [1.165, 1.54) is 0 Å². The standard InChI is InChI=1S/C10H17NO2/c1-5-13-10(12)9-7(3)6(2)8(4)11-9/h6,8,11H,5H2,1-4H3. The molecule has 74 valence electrons.